The Hall–Kier alpha value is -3.76. The van der Waals surface area contributed by atoms with Crippen molar-refractivity contribution in [2.24, 2.45) is 0 Å². The predicted octanol–water partition coefficient (Wildman–Crippen LogP) is 5.19. The van der Waals surface area contributed by atoms with Crippen LogP contribution in [-0.2, 0) is 9.47 Å². The molecule has 1 saturated heterocycles. The highest BCUT2D eigenvalue weighted by Gasteiger charge is 2.30. The molecule has 0 aliphatic carbocycles. The molecule has 9 nitrogen and oxygen atoms in total. The van der Waals surface area contributed by atoms with Crippen LogP contribution in [-0.4, -0.2) is 52.9 Å². The molecule has 2 aromatic heterocycles. The van der Waals surface area contributed by atoms with Crippen LogP contribution in [0.1, 0.15) is 37.6 Å². The van der Waals surface area contributed by atoms with E-state index in [9.17, 15) is 9.59 Å². The van der Waals surface area contributed by atoms with Gasteiger partial charge in [0.1, 0.15) is 5.60 Å². The highest BCUT2D eigenvalue weighted by atomic mass is 32.1. The van der Waals surface area contributed by atoms with Gasteiger partial charge in [0, 0.05) is 17.7 Å². The predicted molar refractivity (Wildman–Crippen MR) is 145 cm³/mol. The minimum absolute atomic E-state index is 0.160. The standard InChI is InChI=1S/C27H29N5O4S/c1-27(2,3)36-26(34)31-21-14-35-11-10-20(21)30-25-28-13-22-23(32-25)19(15-37-22)24(33)29-18-9-8-16-6-4-5-7-17(16)12-18/h4-9,12-13,15,20-21H,10-11,14H2,1-3H3,(H,29,33)(H,31,34)(H,28,30,32)/t20-,21+/m1/s1. The largest absolute Gasteiger partial charge is 0.444 e. The van der Waals surface area contributed by atoms with Crippen molar-refractivity contribution in [1.29, 1.82) is 0 Å². The number of anilines is 2. The average Bonchev–Trinajstić information content (AvgIpc) is 3.27. The molecule has 5 rings (SSSR count). The van der Waals surface area contributed by atoms with Gasteiger partial charge in [0.25, 0.3) is 5.91 Å². The number of alkyl carbamates (subject to hydrolysis) is 1. The first-order valence-electron chi connectivity index (χ1n) is 12.1. The molecule has 192 valence electrons. The smallest absolute Gasteiger partial charge is 0.408 e. The van der Waals surface area contributed by atoms with Gasteiger partial charge in [-0.05, 0) is 50.1 Å². The molecule has 0 saturated carbocycles. The molecule has 37 heavy (non-hydrogen) atoms. The van der Waals surface area contributed by atoms with Crippen LogP contribution in [0, 0.1) is 0 Å². The minimum atomic E-state index is -0.598. The second kappa shape index (κ2) is 10.3. The van der Waals surface area contributed by atoms with Gasteiger partial charge in [-0.1, -0.05) is 30.3 Å². The number of thiophene rings is 1. The van der Waals surface area contributed by atoms with Crippen LogP contribution in [0.25, 0.3) is 21.0 Å². The van der Waals surface area contributed by atoms with E-state index in [-0.39, 0.29) is 18.0 Å². The summed E-state index contributed by atoms with van der Waals surface area (Å²) in [6, 6.07) is 13.3. The van der Waals surface area contributed by atoms with E-state index in [1.807, 2.05) is 63.2 Å². The number of hydrogen-bond donors (Lipinski definition) is 3. The fourth-order valence-corrected chi connectivity index (χ4v) is 5.05. The summed E-state index contributed by atoms with van der Waals surface area (Å²) < 4.78 is 11.8. The van der Waals surface area contributed by atoms with E-state index in [2.05, 4.69) is 25.9 Å². The van der Waals surface area contributed by atoms with E-state index >= 15 is 0 Å². The van der Waals surface area contributed by atoms with Crippen LogP contribution in [0.4, 0.5) is 16.4 Å². The molecule has 2 amide bonds. The molecular weight excluding hydrogens is 490 g/mol. The van der Waals surface area contributed by atoms with Gasteiger partial charge in [-0.25, -0.2) is 14.8 Å². The lowest BCUT2D eigenvalue weighted by molar-refractivity contribution is 0.0317. The summed E-state index contributed by atoms with van der Waals surface area (Å²) in [5, 5.41) is 13.1. The Bertz CT molecular complexity index is 1450. The van der Waals surface area contributed by atoms with E-state index in [0.29, 0.717) is 42.4 Å². The third-order valence-corrected chi connectivity index (χ3v) is 6.85. The Morgan fingerprint density at radius 3 is 2.73 bits per heavy atom. The number of ether oxygens (including phenoxy) is 2. The fourth-order valence-electron chi connectivity index (χ4n) is 4.20. The molecule has 3 N–H and O–H groups in total. The monoisotopic (exact) mass is 519 g/mol. The van der Waals surface area contributed by atoms with Crippen molar-refractivity contribution in [1.82, 2.24) is 15.3 Å². The maximum absolute atomic E-state index is 13.2. The summed E-state index contributed by atoms with van der Waals surface area (Å²) in [6.07, 6.45) is 1.86. The van der Waals surface area contributed by atoms with Gasteiger partial charge in [0.05, 0.1) is 40.7 Å². The second-order valence-corrected chi connectivity index (χ2v) is 10.9. The average molecular weight is 520 g/mol. The lowest BCUT2D eigenvalue weighted by atomic mass is 10.0. The van der Waals surface area contributed by atoms with Gasteiger partial charge in [-0.15, -0.1) is 11.3 Å². The third-order valence-electron chi connectivity index (χ3n) is 5.94. The summed E-state index contributed by atoms with van der Waals surface area (Å²) in [4.78, 5) is 34.6. The van der Waals surface area contributed by atoms with E-state index in [1.54, 1.807) is 11.6 Å². The number of nitrogens with zero attached hydrogens (tertiary/aromatic N) is 2. The number of aromatic nitrogens is 2. The van der Waals surface area contributed by atoms with Crippen molar-refractivity contribution in [2.75, 3.05) is 23.8 Å². The summed E-state index contributed by atoms with van der Waals surface area (Å²) >= 11 is 1.42. The number of benzene rings is 2. The third kappa shape index (κ3) is 5.98. The molecule has 4 aromatic rings. The van der Waals surface area contributed by atoms with Crippen LogP contribution in [0.5, 0.6) is 0 Å². The summed E-state index contributed by atoms with van der Waals surface area (Å²) in [5.74, 6) is 0.148. The quantitative estimate of drug-likeness (QED) is 0.332. The van der Waals surface area contributed by atoms with Crippen LogP contribution in [0.2, 0.25) is 0 Å². The van der Waals surface area contributed by atoms with Gasteiger partial charge in [-0.2, -0.15) is 0 Å². The van der Waals surface area contributed by atoms with Crippen molar-refractivity contribution in [3.8, 4) is 0 Å². The van der Waals surface area contributed by atoms with Crippen LogP contribution in [0.15, 0.2) is 54.0 Å². The highest BCUT2D eigenvalue weighted by Crippen LogP contribution is 2.27. The molecule has 1 fully saturated rings. The zero-order chi connectivity index (χ0) is 26.0. The maximum atomic E-state index is 13.2. The van der Waals surface area contributed by atoms with Gasteiger partial charge < -0.3 is 25.4 Å². The maximum Gasteiger partial charge on any atom is 0.408 e. The molecule has 10 heteroatoms. The first-order valence-corrected chi connectivity index (χ1v) is 13.0. The van der Waals surface area contributed by atoms with Crippen LogP contribution in [0.3, 0.4) is 0 Å². The first kappa shape index (κ1) is 24.9. The number of hydrogen-bond acceptors (Lipinski definition) is 8. The van der Waals surface area contributed by atoms with Crippen molar-refractivity contribution in [2.45, 2.75) is 44.9 Å². The van der Waals surface area contributed by atoms with Crippen molar-refractivity contribution in [3.63, 3.8) is 0 Å². The molecule has 0 bridgehead atoms. The minimum Gasteiger partial charge on any atom is -0.444 e. The van der Waals surface area contributed by atoms with Gasteiger partial charge in [0.15, 0.2) is 0 Å². The number of carbonyl (C=O) groups is 2. The van der Waals surface area contributed by atoms with E-state index < -0.39 is 11.7 Å². The highest BCUT2D eigenvalue weighted by molar-refractivity contribution is 7.17. The van der Waals surface area contributed by atoms with Crippen molar-refractivity contribution >= 4 is 56.0 Å². The summed E-state index contributed by atoms with van der Waals surface area (Å²) in [7, 11) is 0. The SMILES string of the molecule is CC(C)(C)OC(=O)N[C@H]1COCC[C@H]1Nc1ncc2scc(C(=O)Nc3ccc4ccccc4c3)c2n1. The molecule has 0 spiro atoms. The number of nitrogens with one attached hydrogen (secondary N) is 3. The molecule has 1 aliphatic heterocycles. The first-order chi connectivity index (χ1) is 17.7. The second-order valence-electron chi connectivity index (χ2n) is 9.94. The van der Waals surface area contributed by atoms with Crippen molar-refractivity contribution in [3.05, 3.63) is 59.6 Å². The zero-order valence-corrected chi connectivity index (χ0v) is 21.7. The Balaban J connectivity index is 1.32. The Kier molecular flexibility index (Phi) is 6.94. The number of fused-ring (bicyclic) bond motifs is 2. The molecule has 2 aromatic carbocycles. The lowest BCUT2D eigenvalue weighted by Gasteiger charge is -2.33. The number of rotatable bonds is 5. The van der Waals surface area contributed by atoms with E-state index in [0.717, 1.165) is 15.5 Å². The van der Waals surface area contributed by atoms with E-state index in [4.69, 9.17) is 9.47 Å². The Morgan fingerprint density at radius 1 is 1.11 bits per heavy atom. The molecule has 2 atom stereocenters. The van der Waals surface area contributed by atoms with E-state index in [1.165, 1.54) is 11.3 Å². The lowest BCUT2D eigenvalue weighted by Crippen LogP contribution is -2.53. The Morgan fingerprint density at radius 2 is 1.92 bits per heavy atom. The molecule has 3 heterocycles. The summed E-state index contributed by atoms with van der Waals surface area (Å²) in [6.45, 7) is 6.34. The summed E-state index contributed by atoms with van der Waals surface area (Å²) in [5.41, 5.74) is 1.17. The molecule has 0 radical (unpaired) electrons. The number of carbonyl (C=O) groups excluding carboxylic acids is 2. The van der Waals surface area contributed by atoms with Crippen molar-refractivity contribution < 1.29 is 19.1 Å². The van der Waals surface area contributed by atoms with Gasteiger partial charge >= 0.3 is 6.09 Å². The van der Waals surface area contributed by atoms with Gasteiger partial charge in [-0.3, -0.25) is 4.79 Å². The topological polar surface area (TPSA) is 114 Å². The Labute approximate surface area is 218 Å². The zero-order valence-electron chi connectivity index (χ0n) is 20.9. The van der Waals surface area contributed by atoms with Gasteiger partial charge in [0.2, 0.25) is 5.95 Å². The van der Waals surface area contributed by atoms with Crippen LogP contribution < -0.4 is 16.0 Å². The number of amides is 2. The fraction of sp³-hybridized carbons (Fsp3) is 0.333. The van der Waals surface area contributed by atoms with Crippen LogP contribution >= 0.6 is 11.3 Å². The molecular formula is C27H29N5O4S. The molecule has 0 unspecified atom stereocenters. The molecule has 1 aliphatic rings. The normalized spacial score (nSPS) is 17.9.